The smallest absolute Gasteiger partial charge is 0.169 e. The molecule has 98 valence electrons. The van der Waals surface area contributed by atoms with Gasteiger partial charge in [0.25, 0.3) is 0 Å². The maximum absolute atomic E-state index is 6.10. The van der Waals surface area contributed by atoms with E-state index in [0.29, 0.717) is 5.92 Å². The lowest BCUT2D eigenvalue weighted by Crippen LogP contribution is -2.46. The molecule has 1 aliphatic heterocycles. The molecule has 1 saturated carbocycles. The summed E-state index contributed by atoms with van der Waals surface area (Å²) in [5.74, 6) is 0.295. The molecule has 2 atom stereocenters. The van der Waals surface area contributed by atoms with Gasteiger partial charge in [0.2, 0.25) is 0 Å². The third kappa shape index (κ3) is 2.43. The molecule has 0 unspecified atom stereocenters. The second-order valence-corrected chi connectivity index (χ2v) is 6.94. The second kappa shape index (κ2) is 4.10. The number of ether oxygens (including phenoxy) is 2. The summed E-state index contributed by atoms with van der Waals surface area (Å²) in [6, 6.07) is 0. The number of allylic oxidation sites excluding steroid dienone is 2. The van der Waals surface area contributed by atoms with E-state index in [1.54, 1.807) is 0 Å². The minimum atomic E-state index is -0.316. The van der Waals surface area contributed by atoms with Crippen LogP contribution in [-0.4, -0.2) is 19.0 Å². The van der Waals surface area contributed by atoms with Crippen molar-refractivity contribution in [3.63, 3.8) is 0 Å². The molecule has 1 spiro atoms. The lowest BCUT2D eigenvalue weighted by atomic mass is 9.80. The molecule has 0 N–H and O–H groups in total. The lowest BCUT2D eigenvalue weighted by Gasteiger charge is -2.42. The van der Waals surface area contributed by atoms with Crippen LogP contribution in [0.3, 0.4) is 0 Å². The fourth-order valence-electron chi connectivity index (χ4n) is 3.09. The molecule has 2 fully saturated rings. The van der Waals surface area contributed by atoms with Crippen molar-refractivity contribution in [2.24, 2.45) is 16.7 Å². The van der Waals surface area contributed by atoms with Crippen molar-refractivity contribution in [3.8, 4) is 0 Å². The highest BCUT2D eigenvalue weighted by Crippen LogP contribution is 2.53. The molecule has 2 nitrogen and oxygen atoms in total. The Morgan fingerprint density at radius 3 is 2.24 bits per heavy atom. The van der Waals surface area contributed by atoms with Crippen LogP contribution in [0.1, 0.15) is 47.5 Å². The molecule has 2 heteroatoms. The molecule has 1 heterocycles. The van der Waals surface area contributed by atoms with Crippen molar-refractivity contribution in [1.29, 1.82) is 0 Å². The van der Waals surface area contributed by atoms with Crippen molar-refractivity contribution >= 4 is 0 Å². The first-order chi connectivity index (χ1) is 7.81. The molecule has 0 amide bonds. The van der Waals surface area contributed by atoms with E-state index in [0.717, 1.165) is 26.1 Å². The zero-order valence-electron chi connectivity index (χ0n) is 11.9. The normalized spacial score (nSPS) is 40.2. The van der Waals surface area contributed by atoms with Gasteiger partial charge in [0.05, 0.1) is 13.2 Å². The number of hydrogen-bond donors (Lipinski definition) is 0. The van der Waals surface area contributed by atoms with Gasteiger partial charge in [-0.2, -0.15) is 0 Å². The Bertz CT molecular complexity index is 309. The third-order valence-corrected chi connectivity index (χ3v) is 4.39. The van der Waals surface area contributed by atoms with Gasteiger partial charge in [-0.1, -0.05) is 39.8 Å². The summed E-state index contributed by atoms with van der Waals surface area (Å²) in [7, 11) is 0. The zero-order chi connectivity index (χ0) is 12.7. The lowest BCUT2D eigenvalue weighted by molar-refractivity contribution is -0.297. The van der Waals surface area contributed by atoms with Gasteiger partial charge in [-0.3, -0.25) is 0 Å². The van der Waals surface area contributed by atoms with Crippen LogP contribution in [0, 0.1) is 16.7 Å². The molecule has 2 rings (SSSR count). The SMILES string of the molecule is C/C=C/[C@@]1(C)CC2(C[C@@H]1C)OCC(C)(C)CO2. The van der Waals surface area contributed by atoms with Gasteiger partial charge in [-0.15, -0.1) is 0 Å². The van der Waals surface area contributed by atoms with Crippen molar-refractivity contribution in [2.45, 2.75) is 53.2 Å². The Morgan fingerprint density at radius 1 is 1.12 bits per heavy atom. The van der Waals surface area contributed by atoms with Crippen LogP contribution in [0.4, 0.5) is 0 Å². The number of hydrogen-bond acceptors (Lipinski definition) is 2. The monoisotopic (exact) mass is 238 g/mol. The van der Waals surface area contributed by atoms with Crippen LogP contribution < -0.4 is 0 Å². The first-order valence-electron chi connectivity index (χ1n) is 6.73. The van der Waals surface area contributed by atoms with Gasteiger partial charge in [0.1, 0.15) is 0 Å². The Hall–Kier alpha value is -0.340. The van der Waals surface area contributed by atoms with Crippen LogP contribution >= 0.6 is 0 Å². The minimum Gasteiger partial charge on any atom is -0.349 e. The predicted octanol–water partition coefficient (Wildman–Crippen LogP) is 3.77. The van der Waals surface area contributed by atoms with Gasteiger partial charge in [0.15, 0.2) is 5.79 Å². The third-order valence-electron chi connectivity index (χ3n) is 4.39. The summed E-state index contributed by atoms with van der Waals surface area (Å²) in [5, 5.41) is 0. The van der Waals surface area contributed by atoms with Gasteiger partial charge in [-0.25, -0.2) is 0 Å². The van der Waals surface area contributed by atoms with Crippen molar-refractivity contribution < 1.29 is 9.47 Å². The highest BCUT2D eigenvalue weighted by Gasteiger charge is 2.53. The molecule has 1 aliphatic carbocycles. The van der Waals surface area contributed by atoms with E-state index >= 15 is 0 Å². The fraction of sp³-hybridized carbons (Fsp3) is 0.867. The average molecular weight is 238 g/mol. The summed E-state index contributed by atoms with van der Waals surface area (Å²) < 4.78 is 12.2. The van der Waals surface area contributed by atoms with Gasteiger partial charge >= 0.3 is 0 Å². The first kappa shape index (κ1) is 13.1. The van der Waals surface area contributed by atoms with Gasteiger partial charge < -0.3 is 9.47 Å². The summed E-state index contributed by atoms with van der Waals surface area (Å²) in [6.45, 7) is 12.7. The highest BCUT2D eigenvalue weighted by molar-refractivity contribution is 5.08. The Labute approximate surface area is 105 Å². The van der Waals surface area contributed by atoms with E-state index in [4.69, 9.17) is 9.47 Å². The van der Waals surface area contributed by atoms with Gasteiger partial charge in [0, 0.05) is 18.3 Å². The predicted molar refractivity (Wildman–Crippen MR) is 69.7 cm³/mol. The maximum atomic E-state index is 6.10. The average Bonchev–Trinajstić information content (AvgIpc) is 2.46. The molecule has 0 aromatic carbocycles. The van der Waals surface area contributed by atoms with Crippen molar-refractivity contribution in [3.05, 3.63) is 12.2 Å². The second-order valence-electron chi connectivity index (χ2n) is 6.94. The van der Waals surface area contributed by atoms with Gasteiger partial charge in [-0.05, 0) is 18.3 Å². The molecule has 17 heavy (non-hydrogen) atoms. The first-order valence-corrected chi connectivity index (χ1v) is 6.73. The maximum Gasteiger partial charge on any atom is 0.169 e. The van der Waals surface area contributed by atoms with Crippen LogP contribution in [0.5, 0.6) is 0 Å². The molecule has 0 bridgehead atoms. The summed E-state index contributed by atoms with van der Waals surface area (Å²) >= 11 is 0. The highest BCUT2D eigenvalue weighted by atomic mass is 16.7. The minimum absolute atomic E-state index is 0.161. The molecular formula is C15H26O2. The summed E-state index contributed by atoms with van der Waals surface area (Å²) in [4.78, 5) is 0. The summed E-state index contributed by atoms with van der Waals surface area (Å²) in [5.41, 5.74) is 0.379. The molecule has 0 aromatic heterocycles. The zero-order valence-corrected chi connectivity index (χ0v) is 11.9. The van der Waals surface area contributed by atoms with E-state index in [2.05, 4.69) is 46.8 Å². The van der Waals surface area contributed by atoms with Crippen LogP contribution in [0.25, 0.3) is 0 Å². The quantitative estimate of drug-likeness (QED) is 0.647. The van der Waals surface area contributed by atoms with E-state index in [1.807, 2.05) is 0 Å². The Balaban J connectivity index is 2.11. The molecule has 0 radical (unpaired) electrons. The topological polar surface area (TPSA) is 18.5 Å². The van der Waals surface area contributed by atoms with E-state index < -0.39 is 0 Å². The van der Waals surface area contributed by atoms with Crippen LogP contribution in [-0.2, 0) is 9.47 Å². The van der Waals surface area contributed by atoms with Crippen LogP contribution in [0.15, 0.2) is 12.2 Å². The van der Waals surface area contributed by atoms with E-state index in [9.17, 15) is 0 Å². The Morgan fingerprint density at radius 2 is 1.71 bits per heavy atom. The largest absolute Gasteiger partial charge is 0.349 e. The molecule has 1 saturated heterocycles. The molecular weight excluding hydrogens is 212 g/mol. The van der Waals surface area contributed by atoms with Crippen molar-refractivity contribution in [2.75, 3.05) is 13.2 Å². The number of rotatable bonds is 1. The van der Waals surface area contributed by atoms with Crippen molar-refractivity contribution in [1.82, 2.24) is 0 Å². The molecule has 2 aliphatic rings. The standard InChI is InChI=1S/C15H26O2/c1-6-7-14(5)9-15(8-12(14)2)16-10-13(3,4)11-17-15/h6-7,12H,8-11H2,1-5H3/b7-6+/t12-,14-/m0/s1. The Kier molecular flexibility index (Phi) is 3.16. The molecule has 0 aromatic rings. The van der Waals surface area contributed by atoms with E-state index in [-0.39, 0.29) is 16.6 Å². The van der Waals surface area contributed by atoms with E-state index in [1.165, 1.54) is 0 Å². The van der Waals surface area contributed by atoms with Crippen LogP contribution in [0.2, 0.25) is 0 Å². The summed E-state index contributed by atoms with van der Waals surface area (Å²) in [6.07, 6.45) is 6.48. The fourth-order valence-corrected chi connectivity index (χ4v) is 3.09.